The lowest BCUT2D eigenvalue weighted by atomic mass is 10.1. The van der Waals surface area contributed by atoms with Gasteiger partial charge in [0.05, 0.1) is 5.69 Å². The Labute approximate surface area is 117 Å². The van der Waals surface area contributed by atoms with E-state index in [4.69, 9.17) is 5.10 Å². The molecule has 2 atom stereocenters. The molecule has 1 aromatic heterocycles. The zero-order valence-corrected chi connectivity index (χ0v) is 12.6. The number of aromatic nitrogens is 2. The Kier molecular flexibility index (Phi) is 5.40. The van der Waals surface area contributed by atoms with Gasteiger partial charge in [-0.1, -0.05) is 20.3 Å². The van der Waals surface area contributed by atoms with Crippen LogP contribution >= 0.6 is 0 Å². The fourth-order valence-corrected chi connectivity index (χ4v) is 2.70. The Hall–Kier alpha value is -0.870. The Balaban J connectivity index is 1.88. The standard InChI is InChI=1S/C15H28N4/c1-4-6-14-11-18(10-8-16-14)12-15-7-9-19(17-15)13(3)5-2/h7,9,13-14,16H,4-6,8,10-12H2,1-3H3. The predicted molar refractivity (Wildman–Crippen MR) is 79.2 cm³/mol. The van der Waals surface area contributed by atoms with E-state index in [1.54, 1.807) is 0 Å². The van der Waals surface area contributed by atoms with Gasteiger partial charge in [-0.2, -0.15) is 5.10 Å². The number of nitrogens with zero attached hydrogens (tertiary/aromatic N) is 3. The average molecular weight is 264 g/mol. The first-order valence-corrected chi connectivity index (χ1v) is 7.72. The summed E-state index contributed by atoms with van der Waals surface area (Å²) in [6.45, 7) is 11.1. The fraction of sp³-hybridized carbons (Fsp3) is 0.800. The van der Waals surface area contributed by atoms with Crippen LogP contribution in [0.3, 0.4) is 0 Å². The highest BCUT2D eigenvalue weighted by Gasteiger charge is 2.19. The van der Waals surface area contributed by atoms with Crippen LogP contribution in [0.4, 0.5) is 0 Å². The first-order chi connectivity index (χ1) is 9.22. The van der Waals surface area contributed by atoms with Gasteiger partial charge in [-0.15, -0.1) is 0 Å². The third kappa shape index (κ3) is 4.05. The van der Waals surface area contributed by atoms with Crippen LogP contribution in [-0.2, 0) is 6.54 Å². The Bertz CT molecular complexity index is 372. The van der Waals surface area contributed by atoms with Gasteiger partial charge < -0.3 is 5.32 Å². The van der Waals surface area contributed by atoms with Gasteiger partial charge in [0.15, 0.2) is 0 Å². The van der Waals surface area contributed by atoms with Crippen LogP contribution in [0.5, 0.6) is 0 Å². The molecule has 1 fully saturated rings. The maximum atomic E-state index is 4.70. The summed E-state index contributed by atoms with van der Waals surface area (Å²) >= 11 is 0. The summed E-state index contributed by atoms with van der Waals surface area (Å²) in [7, 11) is 0. The smallest absolute Gasteiger partial charge is 0.0764 e. The molecule has 1 aliphatic rings. The van der Waals surface area contributed by atoms with Crippen LogP contribution in [0.25, 0.3) is 0 Å². The van der Waals surface area contributed by atoms with Crippen molar-refractivity contribution in [2.45, 2.75) is 58.7 Å². The normalized spacial score (nSPS) is 22.6. The topological polar surface area (TPSA) is 33.1 Å². The lowest BCUT2D eigenvalue weighted by Gasteiger charge is -2.33. The molecule has 1 aromatic rings. The molecule has 4 nitrogen and oxygen atoms in total. The van der Waals surface area contributed by atoms with E-state index < -0.39 is 0 Å². The second kappa shape index (κ2) is 7.06. The third-order valence-electron chi connectivity index (χ3n) is 4.07. The minimum atomic E-state index is 0.504. The maximum Gasteiger partial charge on any atom is 0.0764 e. The Morgan fingerprint density at radius 2 is 2.32 bits per heavy atom. The van der Waals surface area contributed by atoms with Gasteiger partial charge >= 0.3 is 0 Å². The maximum absolute atomic E-state index is 4.70. The first-order valence-electron chi connectivity index (χ1n) is 7.72. The fourth-order valence-electron chi connectivity index (χ4n) is 2.70. The molecule has 4 heteroatoms. The van der Waals surface area contributed by atoms with Gasteiger partial charge in [-0.05, 0) is 25.8 Å². The quantitative estimate of drug-likeness (QED) is 0.856. The second-order valence-electron chi connectivity index (χ2n) is 5.72. The third-order valence-corrected chi connectivity index (χ3v) is 4.07. The SMILES string of the molecule is CCCC1CN(Cc2ccn(C(C)CC)n2)CCN1. The number of rotatable bonds is 6. The van der Waals surface area contributed by atoms with Crippen LogP contribution in [0.2, 0.25) is 0 Å². The molecule has 0 radical (unpaired) electrons. The van der Waals surface area contributed by atoms with Gasteiger partial charge in [-0.3, -0.25) is 9.58 Å². The molecule has 0 aromatic carbocycles. The summed E-state index contributed by atoms with van der Waals surface area (Å²) in [6, 6.07) is 3.34. The second-order valence-corrected chi connectivity index (χ2v) is 5.72. The molecule has 2 heterocycles. The summed E-state index contributed by atoms with van der Waals surface area (Å²) in [5.74, 6) is 0. The molecule has 108 valence electrons. The molecule has 2 unspecified atom stereocenters. The molecule has 0 amide bonds. The highest BCUT2D eigenvalue weighted by molar-refractivity contribution is 5.00. The molecule has 0 spiro atoms. The van der Waals surface area contributed by atoms with Crippen molar-refractivity contribution in [2.24, 2.45) is 0 Å². The van der Waals surface area contributed by atoms with Crippen molar-refractivity contribution in [3.8, 4) is 0 Å². The Morgan fingerprint density at radius 3 is 3.05 bits per heavy atom. The molecule has 1 aliphatic heterocycles. The Morgan fingerprint density at radius 1 is 1.47 bits per heavy atom. The summed E-state index contributed by atoms with van der Waals surface area (Å²) in [4.78, 5) is 2.53. The van der Waals surface area contributed by atoms with E-state index in [9.17, 15) is 0 Å². The van der Waals surface area contributed by atoms with Crippen LogP contribution in [-0.4, -0.2) is 40.4 Å². The van der Waals surface area contributed by atoms with E-state index in [2.05, 4.69) is 47.9 Å². The highest BCUT2D eigenvalue weighted by Crippen LogP contribution is 2.12. The van der Waals surface area contributed by atoms with E-state index in [1.807, 2.05) is 0 Å². The van der Waals surface area contributed by atoms with Gasteiger partial charge in [0.2, 0.25) is 0 Å². The van der Waals surface area contributed by atoms with E-state index >= 15 is 0 Å². The summed E-state index contributed by atoms with van der Waals surface area (Å²) in [6.07, 6.45) is 5.79. The van der Waals surface area contributed by atoms with Crippen LogP contribution in [0, 0.1) is 0 Å². The lowest BCUT2D eigenvalue weighted by Crippen LogP contribution is -2.50. The predicted octanol–water partition coefficient (Wildman–Crippen LogP) is 2.43. The van der Waals surface area contributed by atoms with Crippen LogP contribution in [0.1, 0.15) is 51.8 Å². The van der Waals surface area contributed by atoms with Gasteiger partial charge in [0.1, 0.15) is 0 Å². The molecule has 1 N–H and O–H groups in total. The van der Waals surface area contributed by atoms with Crippen LogP contribution < -0.4 is 5.32 Å². The summed E-state index contributed by atoms with van der Waals surface area (Å²) in [5.41, 5.74) is 1.21. The first kappa shape index (κ1) is 14.5. The van der Waals surface area contributed by atoms with Crippen molar-refractivity contribution in [2.75, 3.05) is 19.6 Å². The van der Waals surface area contributed by atoms with E-state index in [0.29, 0.717) is 12.1 Å². The lowest BCUT2D eigenvalue weighted by molar-refractivity contribution is 0.184. The van der Waals surface area contributed by atoms with Crippen molar-refractivity contribution in [1.82, 2.24) is 20.0 Å². The van der Waals surface area contributed by atoms with Crippen molar-refractivity contribution in [1.29, 1.82) is 0 Å². The van der Waals surface area contributed by atoms with Crippen molar-refractivity contribution < 1.29 is 0 Å². The number of hydrogen-bond donors (Lipinski definition) is 1. The largest absolute Gasteiger partial charge is 0.311 e. The molecular formula is C15H28N4. The van der Waals surface area contributed by atoms with Crippen LogP contribution in [0.15, 0.2) is 12.3 Å². The summed E-state index contributed by atoms with van der Waals surface area (Å²) < 4.78 is 2.10. The zero-order chi connectivity index (χ0) is 13.7. The minimum absolute atomic E-state index is 0.504. The average Bonchev–Trinajstić information content (AvgIpc) is 2.87. The zero-order valence-electron chi connectivity index (χ0n) is 12.6. The van der Waals surface area contributed by atoms with E-state index in [0.717, 1.165) is 32.6 Å². The van der Waals surface area contributed by atoms with Gasteiger partial charge in [-0.25, -0.2) is 0 Å². The molecule has 0 bridgehead atoms. The number of piperazine rings is 1. The molecular weight excluding hydrogens is 236 g/mol. The van der Waals surface area contributed by atoms with Crippen molar-refractivity contribution >= 4 is 0 Å². The molecule has 2 rings (SSSR count). The number of hydrogen-bond acceptors (Lipinski definition) is 3. The van der Waals surface area contributed by atoms with Gasteiger partial charge in [0, 0.05) is 44.5 Å². The monoisotopic (exact) mass is 264 g/mol. The van der Waals surface area contributed by atoms with E-state index in [-0.39, 0.29) is 0 Å². The van der Waals surface area contributed by atoms with Crippen molar-refractivity contribution in [3.63, 3.8) is 0 Å². The van der Waals surface area contributed by atoms with Gasteiger partial charge in [0.25, 0.3) is 0 Å². The number of nitrogens with one attached hydrogen (secondary N) is 1. The molecule has 19 heavy (non-hydrogen) atoms. The molecule has 0 aliphatic carbocycles. The van der Waals surface area contributed by atoms with E-state index in [1.165, 1.54) is 18.5 Å². The van der Waals surface area contributed by atoms with Crippen molar-refractivity contribution in [3.05, 3.63) is 18.0 Å². The minimum Gasteiger partial charge on any atom is -0.311 e. The molecule has 0 saturated carbocycles. The molecule has 1 saturated heterocycles. The summed E-state index contributed by atoms with van der Waals surface area (Å²) in [5, 5.41) is 8.30. The highest BCUT2D eigenvalue weighted by atomic mass is 15.3.